The smallest absolute Gasteiger partial charge is 0.176 e. The number of benzene rings is 1. The third-order valence-corrected chi connectivity index (χ3v) is 3.46. The lowest BCUT2D eigenvalue weighted by Gasteiger charge is -2.08. The van der Waals surface area contributed by atoms with Crippen molar-refractivity contribution in [1.29, 1.82) is 0 Å². The van der Waals surface area contributed by atoms with Crippen molar-refractivity contribution < 1.29 is 8.42 Å². The van der Waals surface area contributed by atoms with E-state index >= 15 is 0 Å². The summed E-state index contributed by atoms with van der Waals surface area (Å²) in [5, 5.41) is 0.224. The van der Waals surface area contributed by atoms with E-state index in [1.54, 1.807) is 12.1 Å². The van der Waals surface area contributed by atoms with Gasteiger partial charge in [0, 0.05) is 12.3 Å². The molecule has 0 aliphatic carbocycles. The first-order valence-corrected chi connectivity index (χ1v) is 6.34. The Kier molecular flexibility index (Phi) is 3.19. The molecule has 0 spiro atoms. The normalized spacial score (nSPS) is 14.0. The van der Waals surface area contributed by atoms with Gasteiger partial charge in [0.2, 0.25) is 0 Å². The summed E-state index contributed by atoms with van der Waals surface area (Å²) in [7, 11) is -3.25. The minimum atomic E-state index is -3.25. The van der Waals surface area contributed by atoms with Crippen molar-refractivity contribution in [3.63, 3.8) is 0 Å². The average Bonchev–Trinajstić information content (AvgIpc) is 2.01. The Hall–Kier alpha value is -0.580. The number of nitrogens with two attached hydrogens (primary N) is 1. The van der Waals surface area contributed by atoms with Gasteiger partial charge in [-0.05, 0) is 24.6 Å². The second-order valence-corrected chi connectivity index (χ2v) is 5.64. The lowest BCUT2D eigenvalue weighted by atomic mass is 10.1. The molecule has 14 heavy (non-hydrogen) atoms. The topological polar surface area (TPSA) is 60.2 Å². The van der Waals surface area contributed by atoms with Gasteiger partial charge in [0.25, 0.3) is 0 Å². The molecule has 2 N–H and O–H groups in total. The number of sulfone groups is 1. The first kappa shape index (κ1) is 11.5. The standard InChI is InChI=1S/C9H12ClNO2S/c1-6(11)7-3-4-9(8(10)5-7)14(2,12)13/h3-6H,11H2,1-2H3. The highest BCUT2D eigenvalue weighted by Crippen LogP contribution is 2.24. The molecule has 3 nitrogen and oxygen atoms in total. The Morgan fingerprint density at radius 2 is 2.00 bits per heavy atom. The summed E-state index contributed by atoms with van der Waals surface area (Å²) >= 11 is 5.82. The molecule has 1 aromatic rings. The van der Waals surface area contributed by atoms with Gasteiger partial charge in [-0.2, -0.15) is 0 Å². The molecule has 0 aromatic heterocycles. The third-order valence-electron chi connectivity index (χ3n) is 1.88. The summed E-state index contributed by atoms with van der Waals surface area (Å²) in [4.78, 5) is 0.142. The van der Waals surface area contributed by atoms with Gasteiger partial charge in [-0.1, -0.05) is 17.7 Å². The van der Waals surface area contributed by atoms with Crippen molar-refractivity contribution in [2.75, 3.05) is 6.26 Å². The first-order chi connectivity index (χ1) is 6.32. The highest BCUT2D eigenvalue weighted by atomic mass is 35.5. The zero-order chi connectivity index (χ0) is 10.9. The maximum Gasteiger partial charge on any atom is 0.176 e. The Bertz CT molecular complexity index is 440. The maximum atomic E-state index is 11.2. The van der Waals surface area contributed by atoms with Crippen LogP contribution in [0.2, 0.25) is 5.02 Å². The molecule has 1 unspecified atom stereocenters. The molecule has 0 aliphatic rings. The van der Waals surface area contributed by atoms with Gasteiger partial charge in [-0.3, -0.25) is 0 Å². The SMILES string of the molecule is CC(N)c1ccc(S(C)(=O)=O)c(Cl)c1. The van der Waals surface area contributed by atoms with Gasteiger partial charge in [-0.25, -0.2) is 8.42 Å². The van der Waals surface area contributed by atoms with Gasteiger partial charge in [0.15, 0.2) is 9.84 Å². The third kappa shape index (κ3) is 2.47. The van der Waals surface area contributed by atoms with Crippen LogP contribution < -0.4 is 5.73 Å². The predicted molar refractivity (Wildman–Crippen MR) is 57.2 cm³/mol. The number of hydrogen-bond acceptors (Lipinski definition) is 3. The van der Waals surface area contributed by atoms with Crippen LogP contribution in [0.15, 0.2) is 23.1 Å². The molecule has 0 radical (unpaired) electrons. The van der Waals surface area contributed by atoms with E-state index in [9.17, 15) is 8.42 Å². The van der Waals surface area contributed by atoms with Crippen molar-refractivity contribution >= 4 is 21.4 Å². The van der Waals surface area contributed by atoms with Crippen molar-refractivity contribution in [2.24, 2.45) is 5.73 Å². The summed E-state index contributed by atoms with van der Waals surface area (Å²) < 4.78 is 22.4. The van der Waals surface area contributed by atoms with Crippen molar-refractivity contribution in [3.8, 4) is 0 Å². The van der Waals surface area contributed by atoms with Crippen molar-refractivity contribution in [1.82, 2.24) is 0 Å². The van der Waals surface area contributed by atoms with Crippen LogP contribution in [0.4, 0.5) is 0 Å². The molecule has 0 amide bonds. The van der Waals surface area contributed by atoms with E-state index < -0.39 is 9.84 Å². The van der Waals surface area contributed by atoms with Crippen LogP contribution in [0.5, 0.6) is 0 Å². The largest absolute Gasteiger partial charge is 0.324 e. The Labute approximate surface area is 88.8 Å². The number of hydrogen-bond donors (Lipinski definition) is 1. The molecule has 1 aromatic carbocycles. The summed E-state index contributed by atoms with van der Waals surface area (Å²) in [5.41, 5.74) is 6.46. The van der Waals surface area contributed by atoms with Crippen LogP contribution in [-0.2, 0) is 9.84 Å². The Morgan fingerprint density at radius 1 is 1.43 bits per heavy atom. The molecule has 78 valence electrons. The van der Waals surface area contributed by atoms with E-state index in [1.807, 2.05) is 6.92 Å². The maximum absolute atomic E-state index is 11.2. The van der Waals surface area contributed by atoms with Gasteiger partial charge in [0.05, 0.1) is 9.92 Å². The molecule has 5 heteroatoms. The van der Waals surface area contributed by atoms with E-state index in [4.69, 9.17) is 17.3 Å². The van der Waals surface area contributed by atoms with Crippen molar-refractivity contribution in [2.45, 2.75) is 17.9 Å². The highest BCUT2D eigenvalue weighted by Gasteiger charge is 2.13. The zero-order valence-electron chi connectivity index (χ0n) is 7.99. The van der Waals surface area contributed by atoms with E-state index in [0.29, 0.717) is 0 Å². The fourth-order valence-corrected chi connectivity index (χ4v) is 2.44. The summed E-state index contributed by atoms with van der Waals surface area (Å²) in [6.07, 6.45) is 1.12. The zero-order valence-corrected chi connectivity index (χ0v) is 9.56. The molecular formula is C9H12ClNO2S. The molecular weight excluding hydrogens is 222 g/mol. The van der Waals surface area contributed by atoms with E-state index in [1.165, 1.54) is 6.07 Å². The molecule has 1 atom stereocenters. The first-order valence-electron chi connectivity index (χ1n) is 4.07. The fraction of sp³-hybridized carbons (Fsp3) is 0.333. The van der Waals surface area contributed by atoms with Crippen LogP contribution in [0, 0.1) is 0 Å². The Balaban J connectivity index is 3.28. The van der Waals surface area contributed by atoms with Gasteiger partial charge in [0.1, 0.15) is 0 Å². The predicted octanol–water partition coefficient (Wildman–Crippen LogP) is 1.76. The minimum absolute atomic E-state index is 0.142. The molecule has 0 saturated carbocycles. The van der Waals surface area contributed by atoms with Crippen LogP contribution >= 0.6 is 11.6 Å². The Morgan fingerprint density at radius 3 is 2.36 bits per heavy atom. The second kappa shape index (κ2) is 3.88. The lowest BCUT2D eigenvalue weighted by molar-refractivity contribution is 0.602. The van der Waals surface area contributed by atoms with Gasteiger partial charge < -0.3 is 5.73 Å². The second-order valence-electron chi connectivity index (χ2n) is 3.25. The quantitative estimate of drug-likeness (QED) is 0.847. The van der Waals surface area contributed by atoms with E-state index in [-0.39, 0.29) is 16.0 Å². The molecule has 1 rings (SSSR count). The number of halogens is 1. The van der Waals surface area contributed by atoms with Gasteiger partial charge in [-0.15, -0.1) is 0 Å². The number of rotatable bonds is 2. The molecule has 0 saturated heterocycles. The van der Waals surface area contributed by atoms with Crippen molar-refractivity contribution in [3.05, 3.63) is 28.8 Å². The fourth-order valence-electron chi connectivity index (χ4n) is 1.10. The van der Waals surface area contributed by atoms with Crippen LogP contribution in [0.25, 0.3) is 0 Å². The summed E-state index contributed by atoms with van der Waals surface area (Å²) in [5.74, 6) is 0. The molecule has 0 bridgehead atoms. The van der Waals surface area contributed by atoms with E-state index in [2.05, 4.69) is 0 Å². The monoisotopic (exact) mass is 233 g/mol. The van der Waals surface area contributed by atoms with Crippen LogP contribution in [-0.4, -0.2) is 14.7 Å². The molecule has 0 heterocycles. The summed E-state index contributed by atoms with van der Waals surface area (Å²) in [6.45, 7) is 1.81. The molecule has 0 aliphatic heterocycles. The van der Waals surface area contributed by atoms with Crippen LogP contribution in [0.3, 0.4) is 0 Å². The summed E-state index contributed by atoms with van der Waals surface area (Å²) in [6, 6.07) is 4.59. The highest BCUT2D eigenvalue weighted by molar-refractivity contribution is 7.90. The molecule has 0 fully saturated rings. The van der Waals surface area contributed by atoms with E-state index in [0.717, 1.165) is 11.8 Å². The van der Waals surface area contributed by atoms with Gasteiger partial charge >= 0.3 is 0 Å². The minimum Gasteiger partial charge on any atom is -0.324 e. The lowest BCUT2D eigenvalue weighted by Crippen LogP contribution is -2.06. The van der Waals surface area contributed by atoms with Crippen LogP contribution in [0.1, 0.15) is 18.5 Å². The average molecular weight is 234 g/mol.